The molecule has 0 saturated heterocycles. The second-order valence-corrected chi connectivity index (χ2v) is 5.71. The zero-order valence-electron chi connectivity index (χ0n) is 14.4. The molecule has 0 aliphatic carbocycles. The van der Waals surface area contributed by atoms with E-state index in [2.05, 4.69) is 9.97 Å². The summed E-state index contributed by atoms with van der Waals surface area (Å²) in [6.07, 6.45) is 1.40. The van der Waals surface area contributed by atoms with Gasteiger partial charge in [-0.1, -0.05) is 12.1 Å². The third kappa shape index (κ3) is 2.61. The van der Waals surface area contributed by atoms with Crippen molar-refractivity contribution in [3.63, 3.8) is 0 Å². The van der Waals surface area contributed by atoms with Gasteiger partial charge in [-0.05, 0) is 42.0 Å². The molecule has 0 radical (unpaired) electrons. The third-order valence-corrected chi connectivity index (χ3v) is 4.23. The minimum absolute atomic E-state index is 0.372. The smallest absolute Gasteiger partial charge is 0.232 e. The predicted octanol–water partition coefficient (Wildman–Crippen LogP) is 4.16. The lowest BCUT2D eigenvalue weighted by Crippen LogP contribution is -1.92. The van der Waals surface area contributed by atoms with Crippen LogP contribution in [-0.2, 0) is 0 Å². The first-order valence-corrected chi connectivity index (χ1v) is 8.03. The number of fused-ring (bicyclic) bond motifs is 1. The lowest BCUT2D eigenvalue weighted by atomic mass is 9.99. The van der Waals surface area contributed by atoms with Crippen LogP contribution in [0.25, 0.3) is 33.6 Å². The van der Waals surface area contributed by atoms with Gasteiger partial charge in [0.05, 0.1) is 19.6 Å². The molecule has 0 bridgehead atoms. The number of ether oxygens (including phenoxy) is 2. The summed E-state index contributed by atoms with van der Waals surface area (Å²) in [6, 6.07) is 15.4. The number of hydrogen-bond donors (Lipinski definition) is 1. The molecule has 4 rings (SSSR count). The fraction of sp³-hybridized carbons (Fsp3) is 0.100. The molecule has 2 aromatic heterocycles. The summed E-state index contributed by atoms with van der Waals surface area (Å²) in [6.45, 7) is 0. The van der Waals surface area contributed by atoms with Crippen molar-refractivity contribution in [1.82, 2.24) is 9.97 Å². The SMILES string of the molecule is COc1ccc(-c2oc3ncnc(N)c3c2-c2cccc(OC)c2)cc1. The maximum absolute atomic E-state index is 6.14. The maximum Gasteiger partial charge on any atom is 0.232 e. The van der Waals surface area contributed by atoms with E-state index in [1.807, 2.05) is 48.5 Å². The molecule has 4 aromatic rings. The highest BCUT2D eigenvalue weighted by Gasteiger charge is 2.21. The third-order valence-electron chi connectivity index (χ3n) is 4.23. The van der Waals surface area contributed by atoms with E-state index in [9.17, 15) is 0 Å². The standard InChI is InChI=1S/C20H17N3O3/c1-24-14-8-6-12(7-9-14)18-16(13-4-3-5-15(10-13)25-2)17-19(21)22-11-23-20(17)26-18/h3-11H,1-2H3,(H2,21,22,23). The summed E-state index contributed by atoms with van der Waals surface area (Å²) in [5, 5.41) is 0.687. The van der Waals surface area contributed by atoms with Crippen molar-refractivity contribution in [2.45, 2.75) is 0 Å². The van der Waals surface area contributed by atoms with Gasteiger partial charge in [-0.15, -0.1) is 0 Å². The molecule has 2 aromatic carbocycles. The van der Waals surface area contributed by atoms with Crippen molar-refractivity contribution in [1.29, 1.82) is 0 Å². The number of furan rings is 1. The van der Waals surface area contributed by atoms with Gasteiger partial charge in [-0.25, -0.2) is 9.97 Å². The molecular weight excluding hydrogens is 330 g/mol. The number of methoxy groups -OCH3 is 2. The monoisotopic (exact) mass is 347 g/mol. The van der Waals surface area contributed by atoms with E-state index in [0.717, 1.165) is 28.2 Å². The Balaban J connectivity index is 2.01. The predicted molar refractivity (Wildman–Crippen MR) is 100 cm³/mol. The molecule has 0 fully saturated rings. The van der Waals surface area contributed by atoms with E-state index in [-0.39, 0.29) is 0 Å². The summed E-state index contributed by atoms with van der Waals surface area (Å²) in [5.41, 5.74) is 9.22. The van der Waals surface area contributed by atoms with Crippen LogP contribution in [0, 0.1) is 0 Å². The van der Waals surface area contributed by atoms with Gasteiger partial charge in [0.1, 0.15) is 29.4 Å². The van der Waals surface area contributed by atoms with Crippen molar-refractivity contribution < 1.29 is 13.9 Å². The van der Waals surface area contributed by atoms with Crippen molar-refractivity contribution in [3.8, 4) is 33.9 Å². The quantitative estimate of drug-likeness (QED) is 0.597. The zero-order valence-corrected chi connectivity index (χ0v) is 14.4. The van der Waals surface area contributed by atoms with E-state index < -0.39 is 0 Å². The summed E-state index contributed by atoms with van der Waals surface area (Å²) in [7, 11) is 3.27. The largest absolute Gasteiger partial charge is 0.497 e. The maximum atomic E-state index is 6.14. The zero-order chi connectivity index (χ0) is 18.1. The molecule has 6 nitrogen and oxygen atoms in total. The fourth-order valence-corrected chi connectivity index (χ4v) is 2.96. The number of hydrogen-bond acceptors (Lipinski definition) is 6. The lowest BCUT2D eigenvalue weighted by Gasteiger charge is -2.07. The average molecular weight is 347 g/mol. The molecule has 6 heteroatoms. The number of nitrogens with two attached hydrogens (primary N) is 1. The Morgan fingerprint density at radius 2 is 1.65 bits per heavy atom. The lowest BCUT2D eigenvalue weighted by molar-refractivity contribution is 0.415. The molecule has 2 N–H and O–H groups in total. The first kappa shape index (κ1) is 16.0. The summed E-state index contributed by atoms with van der Waals surface area (Å²) >= 11 is 0. The molecule has 0 amide bonds. The normalized spacial score (nSPS) is 10.8. The molecule has 130 valence electrons. The Kier molecular flexibility index (Phi) is 3.93. The first-order valence-electron chi connectivity index (χ1n) is 8.03. The van der Waals surface area contributed by atoms with Crippen molar-refractivity contribution in [2.24, 2.45) is 0 Å². The van der Waals surface area contributed by atoms with Crippen molar-refractivity contribution >= 4 is 16.9 Å². The number of aromatic nitrogens is 2. The number of anilines is 1. The van der Waals surface area contributed by atoms with Crippen LogP contribution >= 0.6 is 0 Å². The van der Waals surface area contributed by atoms with Gasteiger partial charge in [0, 0.05) is 11.1 Å². The van der Waals surface area contributed by atoms with Crippen molar-refractivity contribution in [2.75, 3.05) is 20.0 Å². The second-order valence-electron chi connectivity index (χ2n) is 5.71. The molecule has 26 heavy (non-hydrogen) atoms. The van der Waals surface area contributed by atoms with Crippen LogP contribution in [0.4, 0.5) is 5.82 Å². The summed E-state index contributed by atoms with van der Waals surface area (Å²) in [4.78, 5) is 8.36. The number of rotatable bonds is 4. The van der Waals surface area contributed by atoms with Gasteiger partial charge >= 0.3 is 0 Å². The summed E-state index contributed by atoms with van der Waals surface area (Å²) in [5.74, 6) is 2.56. The van der Waals surface area contributed by atoms with E-state index in [1.54, 1.807) is 14.2 Å². The Morgan fingerprint density at radius 3 is 2.38 bits per heavy atom. The number of nitrogen functional groups attached to an aromatic ring is 1. The van der Waals surface area contributed by atoms with Crippen LogP contribution in [-0.4, -0.2) is 24.2 Å². The van der Waals surface area contributed by atoms with E-state index in [0.29, 0.717) is 22.7 Å². The highest BCUT2D eigenvalue weighted by Crippen LogP contribution is 2.42. The van der Waals surface area contributed by atoms with Gasteiger partial charge in [-0.3, -0.25) is 0 Å². The van der Waals surface area contributed by atoms with E-state index in [1.165, 1.54) is 6.33 Å². The minimum atomic E-state index is 0.372. The molecule has 2 heterocycles. The van der Waals surface area contributed by atoms with E-state index in [4.69, 9.17) is 19.6 Å². The van der Waals surface area contributed by atoms with Gasteiger partial charge in [0.15, 0.2) is 0 Å². The molecule has 0 saturated carbocycles. The second kappa shape index (κ2) is 6.40. The van der Waals surface area contributed by atoms with Crippen LogP contribution in [0.1, 0.15) is 0 Å². The first-order chi connectivity index (χ1) is 12.7. The Labute approximate surface area is 150 Å². The highest BCUT2D eigenvalue weighted by atomic mass is 16.5. The Bertz CT molecular complexity index is 1070. The van der Waals surface area contributed by atoms with Crippen LogP contribution in [0.3, 0.4) is 0 Å². The molecule has 0 aliphatic rings. The highest BCUT2D eigenvalue weighted by molar-refractivity contribution is 6.05. The van der Waals surface area contributed by atoms with Crippen LogP contribution < -0.4 is 15.2 Å². The van der Waals surface area contributed by atoms with Crippen LogP contribution in [0.15, 0.2) is 59.3 Å². The van der Waals surface area contributed by atoms with Gasteiger partial charge < -0.3 is 19.6 Å². The molecular formula is C20H17N3O3. The van der Waals surface area contributed by atoms with E-state index >= 15 is 0 Å². The average Bonchev–Trinajstić information content (AvgIpc) is 3.09. The summed E-state index contributed by atoms with van der Waals surface area (Å²) < 4.78 is 16.7. The van der Waals surface area contributed by atoms with Crippen LogP contribution in [0.2, 0.25) is 0 Å². The van der Waals surface area contributed by atoms with Crippen LogP contribution in [0.5, 0.6) is 11.5 Å². The van der Waals surface area contributed by atoms with Gasteiger partial charge in [0.25, 0.3) is 0 Å². The molecule has 0 spiro atoms. The fourth-order valence-electron chi connectivity index (χ4n) is 2.96. The molecule has 0 aliphatic heterocycles. The Morgan fingerprint density at radius 1 is 0.885 bits per heavy atom. The molecule has 0 atom stereocenters. The molecule has 0 unspecified atom stereocenters. The van der Waals surface area contributed by atoms with Gasteiger partial charge in [0.2, 0.25) is 5.71 Å². The minimum Gasteiger partial charge on any atom is -0.497 e. The van der Waals surface area contributed by atoms with Gasteiger partial charge in [-0.2, -0.15) is 0 Å². The number of nitrogens with zero attached hydrogens (tertiary/aromatic N) is 2. The Hall–Kier alpha value is -3.54. The number of benzene rings is 2. The van der Waals surface area contributed by atoms with Crippen molar-refractivity contribution in [3.05, 3.63) is 54.9 Å². The topological polar surface area (TPSA) is 83.4 Å².